The van der Waals surface area contributed by atoms with E-state index >= 15 is 0 Å². The number of carboxylic acids is 1. The topological polar surface area (TPSA) is 75.6 Å². The van der Waals surface area contributed by atoms with Crippen LogP contribution in [0.5, 0.6) is 5.75 Å². The van der Waals surface area contributed by atoms with Gasteiger partial charge in [0.15, 0.2) is 0 Å². The van der Waals surface area contributed by atoms with Crippen molar-refractivity contribution in [3.63, 3.8) is 0 Å². The van der Waals surface area contributed by atoms with Crippen LogP contribution in [0.1, 0.15) is 25.3 Å². The number of aliphatic carboxylic acids is 1. The number of benzene rings is 1. The molecule has 0 saturated heterocycles. The molecule has 104 valence electrons. The summed E-state index contributed by atoms with van der Waals surface area (Å²) >= 11 is 0. The number of nitrogens with one attached hydrogen (secondary N) is 1. The van der Waals surface area contributed by atoms with Crippen LogP contribution in [-0.4, -0.2) is 29.6 Å². The first-order chi connectivity index (χ1) is 9.02. The van der Waals surface area contributed by atoms with Gasteiger partial charge < -0.3 is 15.2 Å². The normalized spacial score (nSPS) is 11.7. The molecule has 1 aromatic rings. The Kier molecular flexibility index (Phi) is 5.85. The summed E-state index contributed by atoms with van der Waals surface area (Å²) in [5.74, 6) is -0.629. The van der Waals surface area contributed by atoms with Crippen LogP contribution in [0.15, 0.2) is 24.3 Å². The van der Waals surface area contributed by atoms with E-state index in [-0.39, 0.29) is 18.9 Å². The first-order valence-corrected chi connectivity index (χ1v) is 6.24. The third-order valence-electron chi connectivity index (χ3n) is 2.63. The van der Waals surface area contributed by atoms with Crippen molar-refractivity contribution < 1.29 is 19.4 Å². The van der Waals surface area contributed by atoms with Crippen molar-refractivity contribution >= 4 is 11.9 Å². The Morgan fingerprint density at radius 2 is 2.16 bits per heavy atom. The third-order valence-corrected chi connectivity index (χ3v) is 2.63. The zero-order valence-electron chi connectivity index (χ0n) is 11.2. The van der Waals surface area contributed by atoms with E-state index in [0.717, 1.165) is 5.56 Å². The molecule has 5 nitrogen and oxygen atoms in total. The SMILES string of the molecule is CC[C@@H](NC(=O)CCOc1cccc(C)c1)C(=O)O. The lowest BCUT2D eigenvalue weighted by Crippen LogP contribution is -2.40. The number of hydrogen-bond acceptors (Lipinski definition) is 3. The van der Waals surface area contributed by atoms with Gasteiger partial charge in [-0.3, -0.25) is 4.79 Å². The number of ether oxygens (including phenoxy) is 1. The van der Waals surface area contributed by atoms with Crippen LogP contribution >= 0.6 is 0 Å². The van der Waals surface area contributed by atoms with Gasteiger partial charge in [-0.1, -0.05) is 19.1 Å². The van der Waals surface area contributed by atoms with Gasteiger partial charge in [0.2, 0.25) is 5.91 Å². The second kappa shape index (κ2) is 7.41. The number of carbonyl (C=O) groups is 2. The van der Waals surface area contributed by atoms with Crippen LogP contribution in [0.2, 0.25) is 0 Å². The Hall–Kier alpha value is -2.04. The first-order valence-electron chi connectivity index (χ1n) is 6.24. The highest BCUT2D eigenvalue weighted by atomic mass is 16.5. The molecular weight excluding hydrogens is 246 g/mol. The molecular formula is C14H19NO4. The second-order valence-electron chi connectivity index (χ2n) is 4.28. The van der Waals surface area contributed by atoms with Crippen LogP contribution < -0.4 is 10.1 Å². The Balaban J connectivity index is 2.33. The monoisotopic (exact) mass is 265 g/mol. The van der Waals surface area contributed by atoms with Crippen LogP contribution in [-0.2, 0) is 9.59 Å². The predicted molar refractivity (Wildman–Crippen MR) is 71.1 cm³/mol. The van der Waals surface area contributed by atoms with Gasteiger partial charge in [-0.05, 0) is 31.0 Å². The Morgan fingerprint density at radius 3 is 2.74 bits per heavy atom. The summed E-state index contributed by atoms with van der Waals surface area (Å²) in [4.78, 5) is 22.3. The van der Waals surface area contributed by atoms with Crippen molar-refractivity contribution in [2.45, 2.75) is 32.7 Å². The number of amides is 1. The molecule has 1 rings (SSSR count). The third kappa shape index (κ3) is 5.42. The Labute approximate surface area is 112 Å². The Morgan fingerprint density at radius 1 is 1.42 bits per heavy atom. The van der Waals surface area contributed by atoms with Gasteiger partial charge in [-0.2, -0.15) is 0 Å². The summed E-state index contributed by atoms with van der Waals surface area (Å²) < 4.78 is 5.42. The van der Waals surface area contributed by atoms with Gasteiger partial charge in [0.25, 0.3) is 0 Å². The van der Waals surface area contributed by atoms with Crippen molar-refractivity contribution in [1.29, 1.82) is 0 Å². The molecule has 0 aromatic heterocycles. The van der Waals surface area contributed by atoms with E-state index in [2.05, 4.69) is 5.32 Å². The van der Waals surface area contributed by atoms with Gasteiger partial charge in [-0.25, -0.2) is 4.79 Å². The fraction of sp³-hybridized carbons (Fsp3) is 0.429. The summed E-state index contributed by atoms with van der Waals surface area (Å²) in [6.45, 7) is 3.89. The van der Waals surface area contributed by atoms with Gasteiger partial charge >= 0.3 is 5.97 Å². The van der Waals surface area contributed by atoms with Crippen LogP contribution in [0.25, 0.3) is 0 Å². The summed E-state index contributed by atoms with van der Waals surface area (Å²) in [7, 11) is 0. The summed E-state index contributed by atoms with van der Waals surface area (Å²) in [5.41, 5.74) is 1.08. The molecule has 0 aliphatic rings. The van der Waals surface area contributed by atoms with E-state index in [0.29, 0.717) is 12.2 Å². The molecule has 1 aromatic carbocycles. The molecule has 0 saturated carbocycles. The molecule has 0 heterocycles. The number of rotatable bonds is 7. The average molecular weight is 265 g/mol. The quantitative estimate of drug-likeness (QED) is 0.787. The number of aryl methyl sites for hydroxylation is 1. The number of hydrogen-bond donors (Lipinski definition) is 2. The van der Waals surface area contributed by atoms with E-state index < -0.39 is 12.0 Å². The van der Waals surface area contributed by atoms with Crippen LogP contribution in [0.4, 0.5) is 0 Å². The molecule has 5 heteroatoms. The van der Waals surface area contributed by atoms with Crippen molar-refractivity contribution in [1.82, 2.24) is 5.32 Å². The maximum atomic E-state index is 11.5. The lowest BCUT2D eigenvalue weighted by Gasteiger charge is -2.12. The van der Waals surface area contributed by atoms with E-state index in [1.807, 2.05) is 31.2 Å². The highest BCUT2D eigenvalue weighted by molar-refractivity contribution is 5.83. The predicted octanol–water partition coefficient (Wildman–Crippen LogP) is 1.74. The minimum Gasteiger partial charge on any atom is -0.493 e. The van der Waals surface area contributed by atoms with Crippen LogP contribution in [0, 0.1) is 6.92 Å². The minimum absolute atomic E-state index is 0.137. The highest BCUT2D eigenvalue weighted by Crippen LogP contribution is 2.12. The second-order valence-corrected chi connectivity index (χ2v) is 4.28. The lowest BCUT2D eigenvalue weighted by molar-refractivity contribution is -0.142. The zero-order chi connectivity index (χ0) is 14.3. The molecule has 2 N–H and O–H groups in total. The van der Waals surface area contributed by atoms with E-state index in [1.54, 1.807) is 6.92 Å². The summed E-state index contributed by atoms with van der Waals surface area (Å²) in [6.07, 6.45) is 0.498. The van der Waals surface area contributed by atoms with Crippen LogP contribution in [0.3, 0.4) is 0 Å². The summed E-state index contributed by atoms with van der Waals surface area (Å²) in [5, 5.41) is 11.3. The molecule has 0 bridgehead atoms. The zero-order valence-corrected chi connectivity index (χ0v) is 11.2. The van der Waals surface area contributed by atoms with Gasteiger partial charge in [0.1, 0.15) is 11.8 Å². The molecule has 0 unspecified atom stereocenters. The molecule has 0 radical (unpaired) electrons. The van der Waals surface area contributed by atoms with E-state index in [1.165, 1.54) is 0 Å². The number of carbonyl (C=O) groups excluding carboxylic acids is 1. The van der Waals surface area contributed by atoms with Crippen molar-refractivity contribution in [2.75, 3.05) is 6.61 Å². The molecule has 19 heavy (non-hydrogen) atoms. The lowest BCUT2D eigenvalue weighted by atomic mass is 10.2. The molecule has 1 atom stereocenters. The smallest absolute Gasteiger partial charge is 0.326 e. The van der Waals surface area contributed by atoms with E-state index in [4.69, 9.17) is 9.84 Å². The molecule has 0 aliphatic heterocycles. The fourth-order valence-electron chi connectivity index (χ4n) is 1.57. The molecule has 0 spiro atoms. The maximum absolute atomic E-state index is 11.5. The van der Waals surface area contributed by atoms with Gasteiger partial charge in [0, 0.05) is 0 Å². The van der Waals surface area contributed by atoms with Crippen molar-refractivity contribution in [3.05, 3.63) is 29.8 Å². The Bertz CT molecular complexity index is 445. The van der Waals surface area contributed by atoms with Gasteiger partial charge in [0.05, 0.1) is 13.0 Å². The van der Waals surface area contributed by atoms with Gasteiger partial charge in [-0.15, -0.1) is 0 Å². The molecule has 0 aliphatic carbocycles. The highest BCUT2D eigenvalue weighted by Gasteiger charge is 2.17. The van der Waals surface area contributed by atoms with E-state index in [9.17, 15) is 9.59 Å². The average Bonchev–Trinajstić information content (AvgIpc) is 2.35. The maximum Gasteiger partial charge on any atom is 0.326 e. The van der Waals surface area contributed by atoms with Crippen molar-refractivity contribution in [3.8, 4) is 5.75 Å². The summed E-state index contributed by atoms with van der Waals surface area (Å²) in [6, 6.07) is 6.70. The fourth-order valence-corrected chi connectivity index (χ4v) is 1.57. The largest absolute Gasteiger partial charge is 0.493 e. The molecule has 0 fully saturated rings. The van der Waals surface area contributed by atoms with Crippen molar-refractivity contribution in [2.24, 2.45) is 0 Å². The minimum atomic E-state index is -1.02. The molecule has 1 amide bonds. The standard InChI is InChI=1S/C14H19NO4/c1-3-12(14(17)18)15-13(16)7-8-19-11-6-4-5-10(2)9-11/h4-6,9,12H,3,7-8H2,1-2H3,(H,15,16)(H,17,18)/t12-/m1/s1. The first kappa shape index (κ1) is 15.0. The number of carboxylic acid groups (broad SMARTS) is 1.